The predicted octanol–water partition coefficient (Wildman–Crippen LogP) is 16.2. The van der Waals surface area contributed by atoms with Gasteiger partial charge in [0.15, 0.2) is 0 Å². The van der Waals surface area contributed by atoms with Gasteiger partial charge in [-0.15, -0.1) is 11.3 Å². The number of fused-ring (bicyclic) bond motifs is 10. The zero-order valence-corrected chi connectivity index (χ0v) is 31.6. The van der Waals surface area contributed by atoms with Crippen LogP contribution in [-0.4, -0.2) is 0 Å². The number of benzene rings is 10. The Labute approximate surface area is 333 Å². The van der Waals surface area contributed by atoms with Crippen LogP contribution in [0.15, 0.2) is 205 Å². The zero-order chi connectivity index (χ0) is 37.5. The normalized spacial score (nSPS) is 11.9. The molecule has 0 N–H and O–H groups in total. The standard InChI is InChI=1S/C54H33NOS/c1-3-13-41-35(10-1)12-9-17-43(41)45-29-30-49(53-46-16-5-7-18-50(46)56-54(45)53)55(40-28-24-37-21-20-36-11-2-4-14-42(36)47(37)33-40)39-26-22-34(23-27-39)38-25-31-52-48(32-38)44-15-6-8-19-51(44)57-52/h1-33H. The molecule has 2 heterocycles. The highest BCUT2D eigenvalue weighted by Gasteiger charge is 2.23. The number of rotatable bonds is 5. The van der Waals surface area contributed by atoms with Crippen molar-refractivity contribution in [3.05, 3.63) is 200 Å². The monoisotopic (exact) mass is 743 g/mol. The maximum absolute atomic E-state index is 6.89. The zero-order valence-electron chi connectivity index (χ0n) is 30.8. The molecular weight excluding hydrogens is 711 g/mol. The maximum Gasteiger partial charge on any atom is 0.145 e. The van der Waals surface area contributed by atoms with Gasteiger partial charge in [0.05, 0.1) is 11.1 Å². The van der Waals surface area contributed by atoms with Gasteiger partial charge >= 0.3 is 0 Å². The van der Waals surface area contributed by atoms with Gasteiger partial charge in [-0.2, -0.15) is 0 Å². The summed E-state index contributed by atoms with van der Waals surface area (Å²) in [4.78, 5) is 2.41. The molecule has 0 saturated heterocycles. The summed E-state index contributed by atoms with van der Waals surface area (Å²) in [5.74, 6) is 0. The minimum atomic E-state index is 0.873. The second-order valence-corrected chi connectivity index (χ2v) is 15.9. The Balaban J connectivity index is 1.09. The molecule has 0 aliphatic rings. The van der Waals surface area contributed by atoms with Crippen molar-refractivity contribution in [1.29, 1.82) is 0 Å². The van der Waals surface area contributed by atoms with Gasteiger partial charge in [0.1, 0.15) is 11.2 Å². The molecule has 0 amide bonds. The fourth-order valence-corrected chi connectivity index (χ4v) is 10.0. The summed E-state index contributed by atoms with van der Waals surface area (Å²) in [5.41, 5.74) is 9.62. The molecule has 2 aromatic heterocycles. The van der Waals surface area contributed by atoms with Gasteiger partial charge in [0.25, 0.3) is 0 Å². The third-order valence-corrected chi connectivity index (χ3v) is 12.8. The van der Waals surface area contributed by atoms with E-state index in [0.717, 1.165) is 50.1 Å². The Morgan fingerprint density at radius 3 is 1.86 bits per heavy atom. The van der Waals surface area contributed by atoms with Crippen LogP contribution < -0.4 is 4.90 Å². The average molecular weight is 744 g/mol. The summed E-state index contributed by atoms with van der Waals surface area (Å²) in [6.45, 7) is 0. The van der Waals surface area contributed by atoms with E-state index in [1.807, 2.05) is 11.3 Å². The summed E-state index contributed by atoms with van der Waals surface area (Å²) < 4.78 is 9.52. The number of anilines is 3. The molecule has 0 aliphatic heterocycles. The molecule has 0 unspecified atom stereocenters. The van der Waals surface area contributed by atoms with Crippen LogP contribution in [0.4, 0.5) is 17.1 Å². The first kappa shape index (κ1) is 32.1. The van der Waals surface area contributed by atoms with Crippen molar-refractivity contribution in [2.45, 2.75) is 0 Å². The van der Waals surface area contributed by atoms with Crippen LogP contribution in [0.2, 0.25) is 0 Å². The second-order valence-electron chi connectivity index (χ2n) is 14.8. The lowest BCUT2D eigenvalue weighted by Gasteiger charge is -2.27. The summed E-state index contributed by atoms with van der Waals surface area (Å²) in [6, 6.07) is 72.8. The summed E-state index contributed by atoms with van der Waals surface area (Å²) in [5, 5.41) is 12.1. The van der Waals surface area contributed by atoms with E-state index >= 15 is 0 Å². The molecule has 10 aromatic carbocycles. The Hall–Kier alpha value is -7.20. The van der Waals surface area contributed by atoms with Gasteiger partial charge in [-0.3, -0.25) is 0 Å². The van der Waals surface area contributed by atoms with Crippen molar-refractivity contribution in [3.8, 4) is 22.3 Å². The van der Waals surface area contributed by atoms with Crippen LogP contribution >= 0.6 is 11.3 Å². The lowest BCUT2D eigenvalue weighted by atomic mass is 9.95. The van der Waals surface area contributed by atoms with Crippen LogP contribution in [-0.2, 0) is 0 Å². The van der Waals surface area contributed by atoms with Crippen LogP contribution in [0.1, 0.15) is 0 Å². The van der Waals surface area contributed by atoms with Crippen molar-refractivity contribution in [3.63, 3.8) is 0 Å². The SMILES string of the molecule is c1ccc2c(-c3ccc(N(c4ccc(-c5ccc6sc7ccccc7c6c5)cc4)c4ccc5ccc6ccccc6c5c4)c4c3oc3ccccc34)cccc2c1. The Morgan fingerprint density at radius 1 is 0.368 bits per heavy atom. The minimum Gasteiger partial charge on any atom is -0.455 e. The largest absolute Gasteiger partial charge is 0.455 e. The molecule has 0 atom stereocenters. The highest BCUT2D eigenvalue weighted by Crippen LogP contribution is 2.48. The van der Waals surface area contributed by atoms with Gasteiger partial charge in [-0.1, -0.05) is 140 Å². The number of nitrogens with zero attached hydrogens (tertiary/aromatic N) is 1. The van der Waals surface area contributed by atoms with Crippen molar-refractivity contribution in [2.24, 2.45) is 0 Å². The Morgan fingerprint density at radius 2 is 1.00 bits per heavy atom. The third kappa shape index (κ3) is 5.10. The van der Waals surface area contributed by atoms with Crippen molar-refractivity contribution in [2.75, 3.05) is 4.90 Å². The van der Waals surface area contributed by atoms with Gasteiger partial charge in [-0.05, 0) is 110 Å². The molecular formula is C54H33NOS. The first-order valence-corrected chi connectivity index (χ1v) is 20.2. The van der Waals surface area contributed by atoms with Crippen LogP contribution in [0, 0.1) is 0 Å². The highest BCUT2D eigenvalue weighted by atomic mass is 32.1. The van der Waals surface area contributed by atoms with E-state index in [0.29, 0.717) is 0 Å². The molecule has 12 rings (SSSR count). The molecule has 2 nitrogen and oxygen atoms in total. The highest BCUT2D eigenvalue weighted by molar-refractivity contribution is 7.25. The Kier molecular flexibility index (Phi) is 7.13. The second kappa shape index (κ2) is 12.7. The molecule has 266 valence electrons. The minimum absolute atomic E-state index is 0.873. The van der Waals surface area contributed by atoms with E-state index in [4.69, 9.17) is 4.42 Å². The molecule has 0 bridgehead atoms. The maximum atomic E-state index is 6.89. The summed E-state index contributed by atoms with van der Waals surface area (Å²) in [6.07, 6.45) is 0. The molecule has 0 saturated carbocycles. The van der Waals surface area contributed by atoms with E-state index in [9.17, 15) is 0 Å². The van der Waals surface area contributed by atoms with Crippen LogP contribution in [0.5, 0.6) is 0 Å². The number of para-hydroxylation sites is 1. The fraction of sp³-hybridized carbons (Fsp3) is 0. The van der Waals surface area contributed by atoms with Crippen molar-refractivity contribution < 1.29 is 4.42 Å². The summed E-state index contributed by atoms with van der Waals surface area (Å²) in [7, 11) is 0. The Bertz CT molecular complexity index is 3530. The predicted molar refractivity (Wildman–Crippen MR) is 245 cm³/mol. The topological polar surface area (TPSA) is 16.4 Å². The molecule has 0 spiro atoms. The van der Waals surface area contributed by atoms with Crippen molar-refractivity contribution >= 4 is 103 Å². The van der Waals surface area contributed by atoms with E-state index in [2.05, 4.69) is 205 Å². The quantitative estimate of drug-likeness (QED) is 0.163. The molecule has 0 fully saturated rings. The number of hydrogen-bond donors (Lipinski definition) is 0. The summed E-state index contributed by atoms with van der Waals surface area (Å²) >= 11 is 1.86. The molecule has 0 aliphatic carbocycles. The lowest BCUT2D eigenvalue weighted by Crippen LogP contribution is -2.10. The van der Waals surface area contributed by atoms with E-state index in [-0.39, 0.29) is 0 Å². The van der Waals surface area contributed by atoms with Gasteiger partial charge in [0, 0.05) is 42.5 Å². The van der Waals surface area contributed by atoms with Gasteiger partial charge in [0.2, 0.25) is 0 Å². The first-order valence-electron chi connectivity index (χ1n) is 19.4. The van der Waals surface area contributed by atoms with E-state index < -0.39 is 0 Å². The molecule has 12 aromatic rings. The first-order chi connectivity index (χ1) is 28.2. The molecule has 57 heavy (non-hydrogen) atoms. The average Bonchev–Trinajstić information content (AvgIpc) is 3.85. The number of furan rings is 1. The number of thiophene rings is 1. The third-order valence-electron chi connectivity index (χ3n) is 11.6. The molecule has 3 heteroatoms. The fourth-order valence-electron chi connectivity index (χ4n) is 8.93. The van der Waals surface area contributed by atoms with Gasteiger partial charge in [-0.25, -0.2) is 0 Å². The number of hydrogen-bond acceptors (Lipinski definition) is 3. The van der Waals surface area contributed by atoms with E-state index in [1.54, 1.807) is 0 Å². The van der Waals surface area contributed by atoms with Crippen molar-refractivity contribution in [1.82, 2.24) is 0 Å². The lowest BCUT2D eigenvalue weighted by molar-refractivity contribution is 0.670. The van der Waals surface area contributed by atoms with Crippen LogP contribution in [0.25, 0.3) is 96.7 Å². The smallest absolute Gasteiger partial charge is 0.145 e. The van der Waals surface area contributed by atoms with E-state index in [1.165, 1.54) is 63.6 Å². The molecule has 0 radical (unpaired) electrons. The van der Waals surface area contributed by atoms with Crippen LogP contribution in [0.3, 0.4) is 0 Å². The van der Waals surface area contributed by atoms with Gasteiger partial charge < -0.3 is 9.32 Å².